The maximum Gasteiger partial charge on any atom is 0.410 e. The summed E-state index contributed by atoms with van der Waals surface area (Å²) in [5, 5.41) is 3.61. The largest absolute Gasteiger partial charge is 0.444 e. The molecule has 22 heavy (non-hydrogen) atoms. The van der Waals surface area contributed by atoms with Gasteiger partial charge in [-0.25, -0.2) is 4.79 Å². The number of thioether (sulfide) groups is 1. The Balaban J connectivity index is 2.41. The topological polar surface area (TPSA) is 41.6 Å². The van der Waals surface area contributed by atoms with E-state index in [0.717, 1.165) is 32.4 Å². The van der Waals surface area contributed by atoms with Crippen molar-refractivity contribution in [2.45, 2.75) is 71.6 Å². The Morgan fingerprint density at radius 3 is 2.68 bits per heavy atom. The van der Waals surface area contributed by atoms with Crippen LogP contribution in [0.5, 0.6) is 0 Å². The number of amides is 1. The van der Waals surface area contributed by atoms with Crippen LogP contribution in [0.25, 0.3) is 0 Å². The van der Waals surface area contributed by atoms with Crippen molar-refractivity contribution in [3.63, 3.8) is 0 Å². The third-order valence-corrected chi connectivity index (χ3v) is 4.80. The summed E-state index contributed by atoms with van der Waals surface area (Å²) in [6, 6.07) is 0.741. The number of carbonyl (C=O) groups excluding carboxylic acids is 1. The number of likely N-dealkylation sites (tertiary alicyclic amines) is 1. The zero-order valence-electron chi connectivity index (χ0n) is 15.1. The minimum absolute atomic E-state index is 0.155. The molecular weight excluding hydrogens is 296 g/mol. The summed E-state index contributed by atoms with van der Waals surface area (Å²) in [6.45, 7) is 12.1. The lowest BCUT2D eigenvalue weighted by Gasteiger charge is -2.30. The molecule has 3 atom stereocenters. The number of hydrogen-bond donors (Lipinski definition) is 1. The SMILES string of the molecule is CSCC(C)CNC(C)CC1CCCN1C(=O)OC(C)(C)C. The molecule has 1 amide bonds. The molecule has 0 spiro atoms. The van der Waals surface area contributed by atoms with E-state index in [0.29, 0.717) is 18.0 Å². The number of carbonyl (C=O) groups is 1. The minimum atomic E-state index is -0.415. The Morgan fingerprint density at radius 2 is 2.09 bits per heavy atom. The molecule has 5 heteroatoms. The first kappa shape index (κ1) is 19.6. The van der Waals surface area contributed by atoms with Gasteiger partial charge in [0.2, 0.25) is 0 Å². The number of rotatable bonds is 7. The van der Waals surface area contributed by atoms with Crippen LogP contribution in [-0.2, 0) is 4.74 Å². The molecule has 0 bridgehead atoms. The van der Waals surface area contributed by atoms with Gasteiger partial charge in [-0.2, -0.15) is 11.8 Å². The first-order valence-electron chi connectivity index (χ1n) is 8.45. The minimum Gasteiger partial charge on any atom is -0.444 e. The maximum absolute atomic E-state index is 12.3. The second-order valence-electron chi connectivity index (χ2n) is 7.58. The standard InChI is InChI=1S/C17H34N2O2S/c1-13(12-22-6)11-18-14(2)10-15-8-7-9-19(15)16(20)21-17(3,4)5/h13-15,18H,7-12H2,1-6H3. The highest BCUT2D eigenvalue weighted by atomic mass is 32.2. The summed E-state index contributed by atoms with van der Waals surface area (Å²) in [7, 11) is 0. The van der Waals surface area contributed by atoms with Crippen LogP contribution in [-0.4, -0.2) is 53.8 Å². The fraction of sp³-hybridized carbons (Fsp3) is 0.941. The Hall–Kier alpha value is -0.420. The Kier molecular flexibility index (Phi) is 8.04. The van der Waals surface area contributed by atoms with E-state index < -0.39 is 5.60 Å². The highest BCUT2D eigenvalue weighted by Crippen LogP contribution is 2.24. The van der Waals surface area contributed by atoms with Crippen molar-refractivity contribution in [2.24, 2.45) is 5.92 Å². The summed E-state index contributed by atoms with van der Waals surface area (Å²) < 4.78 is 5.53. The molecule has 0 aromatic rings. The Morgan fingerprint density at radius 1 is 1.41 bits per heavy atom. The lowest BCUT2D eigenvalue weighted by molar-refractivity contribution is 0.0214. The highest BCUT2D eigenvalue weighted by Gasteiger charge is 2.32. The van der Waals surface area contributed by atoms with Gasteiger partial charge in [-0.3, -0.25) is 0 Å². The van der Waals surface area contributed by atoms with Crippen LogP contribution in [0.1, 0.15) is 53.9 Å². The van der Waals surface area contributed by atoms with Crippen molar-refractivity contribution < 1.29 is 9.53 Å². The van der Waals surface area contributed by atoms with Gasteiger partial charge in [-0.15, -0.1) is 0 Å². The molecule has 1 N–H and O–H groups in total. The Labute approximate surface area is 140 Å². The second kappa shape index (κ2) is 9.02. The van der Waals surface area contributed by atoms with E-state index in [9.17, 15) is 4.79 Å². The molecule has 1 aliphatic heterocycles. The molecule has 0 radical (unpaired) electrons. The van der Waals surface area contributed by atoms with E-state index in [-0.39, 0.29) is 6.09 Å². The molecule has 0 aromatic carbocycles. The van der Waals surface area contributed by atoms with E-state index >= 15 is 0 Å². The van der Waals surface area contributed by atoms with Gasteiger partial charge in [-0.1, -0.05) is 6.92 Å². The molecule has 1 saturated heterocycles. The first-order chi connectivity index (χ1) is 10.2. The first-order valence-corrected chi connectivity index (χ1v) is 9.84. The Bertz CT molecular complexity index is 344. The third kappa shape index (κ3) is 7.23. The van der Waals surface area contributed by atoms with E-state index in [1.165, 1.54) is 5.75 Å². The molecule has 130 valence electrons. The summed E-state index contributed by atoms with van der Waals surface area (Å²) in [5.41, 5.74) is -0.415. The molecule has 4 nitrogen and oxygen atoms in total. The van der Waals surface area contributed by atoms with E-state index in [1.807, 2.05) is 37.4 Å². The van der Waals surface area contributed by atoms with Gasteiger partial charge < -0.3 is 15.0 Å². The van der Waals surface area contributed by atoms with Crippen LogP contribution >= 0.6 is 11.8 Å². The van der Waals surface area contributed by atoms with E-state index in [2.05, 4.69) is 25.4 Å². The van der Waals surface area contributed by atoms with Crippen LogP contribution in [0, 0.1) is 5.92 Å². The third-order valence-electron chi connectivity index (χ3n) is 3.90. The van der Waals surface area contributed by atoms with Gasteiger partial charge >= 0.3 is 6.09 Å². The lowest BCUT2D eigenvalue weighted by Crippen LogP contribution is -2.43. The molecule has 0 aromatic heterocycles. The average molecular weight is 331 g/mol. The van der Waals surface area contributed by atoms with Gasteiger partial charge in [0.05, 0.1) is 0 Å². The van der Waals surface area contributed by atoms with Crippen molar-refractivity contribution >= 4 is 17.9 Å². The van der Waals surface area contributed by atoms with Gasteiger partial charge in [0, 0.05) is 18.6 Å². The molecule has 3 unspecified atom stereocenters. The summed E-state index contributed by atoms with van der Waals surface area (Å²) >= 11 is 1.89. The number of hydrogen-bond acceptors (Lipinski definition) is 4. The summed E-state index contributed by atoms with van der Waals surface area (Å²) in [6.07, 6.45) is 5.17. The molecule has 0 aliphatic carbocycles. The van der Waals surface area contributed by atoms with E-state index in [4.69, 9.17) is 4.74 Å². The predicted octanol–water partition coefficient (Wildman–Crippen LogP) is 3.75. The van der Waals surface area contributed by atoms with Gasteiger partial charge in [0.15, 0.2) is 0 Å². The smallest absolute Gasteiger partial charge is 0.410 e. The second-order valence-corrected chi connectivity index (χ2v) is 8.49. The fourth-order valence-electron chi connectivity index (χ4n) is 2.88. The maximum atomic E-state index is 12.3. The highest BCUT2D eigenvalue weighted by molar-refractivity contribution is 7.98. The van der Waals surface area contributed by atoms with Crippen molar-refractivity contribution in [3.8, 4) is 0 Å². The monoisotopic (exact) mass is 330 g/mol. The molecule has 1 fully saturated rings. The van der Waals surface area contributed by atoms with E-state index in [1.54, 1.807) is 0 Å². The van der Waals surface area contributed by atoms with Gasteiger partial charge in [-0.05, 0) is 71.4 Å². The molecule has 1 rings (SSSR count). The summed E-state index contributed by atoms with van der Waals surface area (Å²) in [4.78, 5) is 14.2. The van der Waals surface area contributed by atoms with Crippen molar-refractivity contribution in [3.05, 3.63) is 0 Å². The van der Waals surface area contributed by atoms with Crippen molar-refractivity contribution in [1.82, 2.24) is 10.2 Å². The molecule has 0 saturated carbocycles. The van der Waals surface area contributed by atoms with Crippen LogP contribution in [0.4, 0.5) is 4.79 Å². The van der Waals surface area contributed by atoms with Gasteiger partial charge in [0.25, 0.3) is 0 Å². The van der Waals surface area contributed by atoms with Crippen LogP contribution in [0.15, 0.2) is 0 Å². The number of nitrogens with one attached hydrogen (secondary N) is 1. The molecular formula is C17H34N2O2S. The van der Waals surface area contributed by atoms with Crippen LogP contribution in [0.3, 0.4) is 0 Å². The fourth-order valence-corrected chi connectivity index (χ4v) is 3.57. The zero-order valence-corrected chi connectivity index (χ0v) is 16.0. The quantitative estimate of drug-likeness (QED) is 0.772. The van der Waals surface area contributed by atoms with Crippen molar-refractivity contribution in [2.75, 3.05) is 25.1 Å². The lowest BCUT2D eigenvalue weighted by atomic mass is 10.1. The molecule has 1 aliphatic rings. The average Bonchev–Trinajstić information content (AvgIpc) is 2.83. The number of ether oxygens (including phenoxy) is 1. The predicted molar refractivity (Wildman–Crippen MR) is 95.6 cm³/mol. The van der Waals surface area contributed by atoms with Crippen LogP contribution in [0.2, 0.25) is 0 Å². The summed E-state index contributed by atoms with van der Waals surface area (Å²) in [5.74, 6) is 1.87. The van der Waals surface area contributed by atoms with Gasteiger partial charge in [0.1, 0.15) is 5.60 Å². The van der Waals surface area contributed by atoms with Crippen LogP contribution < -0.4 is 5.32 Å². The zero-order chi connectivity index (χ0) is 16.8. The normalized spacial score (nSPS) is 21.7. The number of nitrogens with zero attached hydrogens (tertiary/aromatic N) is 1. The molecule has 1 heterocycles. The van der Waals surface area contributed by atoms with Crippen molar-refractivity contribution in [1.29, 1.82) is 0 Å².